The molecule has 0 radical (unpaired) electrons. The molecular formula is C38H45N10O8-. The fourth-order valence-corrected chi connectivity index (χ4v) is 5.57. The number of nitrogens with zero attached hydrogens (tertiary/aromatic N) is 5. The molecular weight excluding hydrogens is 724 g/mol. The molecule has 0 fully saturated rings. The molecule has 0 saturated carbocycles. The van der Waals surface area contributed by atoms with Crippen molar-refractivity contribution >= 4 is 69.2 Å². The zero-order valence-electron chi connectivity index (χ0n) is 32.2. The number of nitrogen functional groups attached to an aromatic ring is 5. The Bertz CT molecular complexity index is 2320. The second kappa shape index (κ2) is 19.1. The summed E-state index contributed by atoms with van der Waals surface area (Å²) < 4.78 is 31.3. The van der Waals surface area contributed by atoms with Gasteiger partial charge in [-0.15, -0.1) is 0 Å². The number of methoxy groups -OCH3 is 6. The average Bonchev–Trinajstić information content (AvgIpc) is 3.16. The number of hydrogen-bond donors (Lipinski definition) is 5. The molecule has 6 aromatic rings. The van der Waals surface area contributed by atoms with Gasteiger partial charge in [-0.2, -0.15) is 9.97 Å². The van der Waals surface area contributed by atoms with Gasteiger partial charge in [0, 0.05) is 52.5 Å². The summed E-state index contributed by atoms with van der Waals surface area (Å²) in [5.41, 5.74) is 34.3. The minimum absolute atomic E-state index is 0. The third-order valence-electron chi connectivity index (χ3n) is 8.24. The minimum atomic E-state index is 0. The van der Waals surface area contributed by atoms with E-state index in [1.54, 1.807) is 85.3 Å². The lowest BCUT2D eigenvalue weighted by molar-refractivity contribution is 0.112. The minimum Gasteiger partial charge on any atom is -0.870 e. The van der Waals surface area contributed by atoms with Gasteiger partial charge in [-0.05, 0) is 48.7 Å². The Hall–Kier alpha value is -7.34. The summed E-state index contributed by atoms with van der Waals surface area (Å²) in [6.07, 6.45) is 2.52. The van der Waals surface area contributed by atoms with E-state index in [0.29, 0.717) is 79.5 Å². The van der Waals surface area contributed by atoms with Gasteiger partial charge in [0.05, 0.1) is 59.4 Å². The maximum atomic E-state index is 10.7. The lowest BCUT2D eigenvalue weighted by Crippen LogP contribution is -2.02. The third-order valence-corrected chi connectivity index (χ3v) is 8.24. The van der Waals surface area contributed by atoms with E-state index in [-0.39, 0.29) is 17.4 Å². The number of nitrogens with two attached hydrogens (primary N) is 5. The predicted molar refractivity (Wildman–Crippen MR) is 217 cm³/mol. The highest BCUT2D eigenvalue weighted by Crippen LogP contribution is 2.41. The number of fused-ring (bicyclic) bond motifs is 2. The number of aryl methyl sites for hydroxylation is 2. The molecule has 2 aromatic heterocycles. The number of hydrogen-bond acceptors (Lipinski definition) is 18. The van der Waals surface area contributed by atoms with Gasteiger partial charge >= 0.3 is 0 Å². The number of benzene rings is 4. The van der Waals surface area contributed by atoms with E-state index < -0.39 is 0 Å². The van der Waals surface area contributed by atoms with Gasteiger partial charge in [-0.3, -0.25) is 9.79 Å². The zero-order chi connectivity index (χ0) is 40.4. The van der Waals surface area contributed by atoms with E-state index in [4.69, 9.17) is 57.1 Å². The zero-order valence-corrected chi connectivity index (χ0v) is 32.2. The molecule has 0 spiro atoms. The van der Waals surface area contributed by atoms with Crippen LogP contribution in [-0.4, -0.2) is 80.6 Å². The van der Waals surface area contributed by atoms with Crippen LogP contribution in [0.2, 0.25) is 0 Å². The molecule has 0 unspecified atom stereocenters. The van der Waals surface area contributed by atoms with Crippen LogP contribution in [0, 0.1) is 13.8 Å². The Balaban J connectivity index is 0.000000245. The monoisotopic (exact) mass is 769 g/mol. The SMILES string of the molecule is COc1cc(N)cc(OC)c1OC.COc1cc(N=Cc2ccc3nc(N)nc(N)c3c2C)cc(OC)c1OC.Cc1c(C=O)ccc2nc(N)nc(N)c12.[OH-]. The Morgan fingerprint density at radius 1 is 0.554 bits per heavy atom. The molecule has 56 heavy (non-hydrogen) atoms. The number of aldehydes is 1. The summed E-state index contributed by atoms with van der Waals surface area (Å²) in [5.74, 6) is 4.22. The molecule has 0 aliphatic heterocycles. The first-order chi connectivity index (χ1) is 26.3. The standard InChI is InChI=1S/C19H21N5O3.C10H10N4O.C9H13NO3.H2O/c1-10-11(5-6-13-16(10)18(20)24-19(21)23-13)9-22-12-7-14(25-2)17(27-4)15(8-12)26-3;1-5-6(4-15)2-3-7-8(5)9(11)14-10(12)13-7;1-11-7-4-6(10)5-8(12-2)9(7)13-3;/h5-9H,1-4H3,(H4,20,21,23,24);2-4H,1H3,(H4,11,12,13,14);4-5H,10H2,1-3H3;1H2/p-1. The Morgan fingerprint density at radius 2 is 0.946 bits per heavy atom. The normalized spacial score (nSPS) is 10.4. The number of carbonyl (C=O) groups excluding carboxylic acids is 1. The van der Waals surface area contributed by atoms with Gasteiger partial charge in [0.15, 0.2) is 23.0 Å². The molecule has 4 aromatic carbocycles. The summed E-state index contributed by atoms with van der Waals surface area (Å²) in [7, 11) is 9.34. The van der Waals surface area contributed by atoms with Gasteiger partial charge in [0.2, 0.25) is 23.4 Å². The Morgan fingerprint density at radius 3 is 1.34 bits per heavy atom. The number of carbonyl (C=O) groups is 1. The van der Waals surface area contributed by atoms with E-state index in [2.05, 4.69) is 24.9 Å². The number of aliphatic imine (C=N–C) groups is 1. The fourth-order valence-electron chi connectivity index (χ4n) is 5.57. The number of aromatic nitrogens is 4. The van der Waals surface area contributed by atoms with Gasteiger partial charge in [0.25, 0.3) is 0 Å². The van der Waals surface area contributed by atoms with Crippen molar-refractivity contribution in [1.29, 1.82) is 0 Å². The molecule has 0 amide bonds. The van der Waals surface area contributed by atoms with Crippen LogP contribution in [0.1, 0.15) is 27.0 Å². The Labute approximate surface area is 322 Å². The smallest absolute Gasteiger partial charge is 0.222 e. The van der Waals surface area contributed by atoms with Gasteiger partial charge < -0.3 is 62.6 Å². The van der Waals surface area contributed by atoms with E-state index >= 15 is 0 Å². The van der Waals surface area contributed by atoms with Crippen molar-refractivity contribution in [2.24, 2.45) is 4.99 Å². The van der Waals surface area contributed by atoms with Crippen LogP contribution in [0.4, 0.5) is 34.9 Å². The van der Waals surface area contributed by atoms with E-state index in [1.165, 1.54) is 0 Å². The second-order valence-corrected chi connectivity index (χ2v) is 11.5. The molecule has 6 rings (SSSR count). The molecule has 2 heterocycles. The summed E-state index contributed by atoms with van der Waals surface area (Å²) in [6.45, 7) is 3.75. The van der Waals surface area contributed by atoms with Gasteiger partial charge in [0.1, 0.15) is 17.9 Å². The van der Waals surface area contributed by atoms with Gasteiger partial charge in [-0.1, -0.05) is 6.07 Å². The van der Waals surface area contributed by atoms with Crippen molar-refractivity contribution < 1.29 is 38.7 Å². The van der Waals surface area contributed by atoms with Crippen molar-refractivity contribution in [2.45, 2.75) is 13.8 Å². The fraction of sp³-hybridized carbons (Fsp3) is 0.211. The first kappa shape index (κ1) is 43.1. The summed E-state index contributed by atoms with van der Waals surface area (Å²) in [4.78, 5) is 31.4. The molecule has 0 aliphatic rings. The number of ether oxygens (including phenoxy) is 6. The van der Waals surface area contributed by atoms with Crippen molar-refractivity contribution in [2.75, 3.05) is 71.3 Å². The van der Waals surface area contributed by atoms with Crippen molar-refractivity contribution in [3.8, 4) is 34.5 Å². The molecule has 0 saturated heterocycles. The summed E-state index contributed by atoms with van der Waals surface area (Å²) in [5, 5.41) is 1.45. The van der Waals surface area contributed by atoms with E-state index in [1.807, 2.05) is 26.0 Å². The lowest BCUT2D eigenvalue weighted by atomic mass is 10.0. The number of anilines is 5. The van der Waals surface area contributed by atoms with E-state index in [0.717, 1.165) is 28.4 Å². The molecule has 18 heteroatoms. The van der Waals surface area contributed by atoms with Crippen LogP contribution in [0.3, 0.4) is 0 Å². The Kier molecular flexibility index (Phi) is 14.7. The van der Waals surface area contributed by atoms with E-state index in [9.17, 15) is 4.79 Å². The molecule has 18 nitrogen and oxygen atoms in total. The lowest BCUT2D eigenvalue weighted by Gasteiger charge is -2.12. The first-order valence-electron chi connectivity index (χ1n) is 16.3. The number of rotatable bonds is 9. The third kappa shape index (κ3) is 9.41. The highest BCUT2D eigenvalue weighted by molar-refractivity contribution is 5.99. The van der Waals surface area contributed by atoms with Crippen molar-refractivity contribution in [3.63, 3.8) is 0 Å². The second-order valence-electron chi connectivity index (χ2n) is 11.5. The van der Waals surface area contributed by atoms with Crippen LogP contribution in [0.15, 0.2) is 53.5 Å². The van der Waals surface area contributed by atoms with Crippen LogP contribution < -0.4 is 57.1 Å². The highest BCUT2D eigenvalue weighted by Gasteiger charge is 2.14. The summed E-state index contributed by atoms with van der Waals surface area (Å²) in [6, 6.07) is 14.1. The highest BCUT2D eigenvalue weighted by atomic mass is 16.5. The molecule has 0 bridgehead atoms. The van der Waals surface area contributed by atoms with Crippen LogP contribution in [0.5, 0.6) is 34.5 Å². The quantitative estimate of drug-likeness (QED) is 0.0741. The maximum Gasteiger partial charge on any atom is 0.222 e. The van der Waals surface area contributed by atoms with Crippen molar-refractivity contribution in [1.82, 2.24) is 19.9 Å². The van der Waals surface area contributed by atoms with Gasteiger partial charge in [-0.25, -0.2) is 9.97 Å². The molecule has 0 aliphatic carbocycles. The first-order valence-corrected chi connectivity index (χ1v) is 16.3. The van der Waals surface area contributed by atoms with Crippen LogP contribution in [-0.2, 0) is 0 Å². The predicted octanol–water partition coefficient (Wildman–Crippen LogP) is 4.91. The maximum absolute atomic E-state index is 10.7. The molecule has 296 valence electrons. The molecule has 0 atom stereocenters. The largest absolute Gasteiger partial charge is 0.870 e. The van der Waals surface area contributed by atoms with Crippen LogP contribution >= 0.6 is 0 Å². The molecule has 11 N–H and O–H groups in total. The van der Waals surface area contributed by atoms with Crippen molar-refractivity contribution in [3.05, 3.63) is 70.8 Å². The average molecular weight is 770 g/mol. The van der Waals surface area contributed by atoms with Crippen LogP contribution in [0.25, 0.3) is 21.8 Å². The summed E-state index contributed by atoms with van der Waals surface area (Å²) >= 11 is 0. The topological polar surface area (TPSA) is 296 Å².